The predicted octanol–water partition coefficient (Wildman–Crippen LogP) is 2.97. The number of carbonyl (C=O) groups excluding carboxylic acids is 1. The van der Waals surface area contributed by atoms with Crippen LogP contribution in [0.25, 0.3) is 0 Å². The maximum Gasteiger partial charge on any atom is 0.228 e. The monoisotopic (exact) mass is 324 g/mol. The van der Waals surface area contributed by atoms with Gasteiger partial charge in [-0.15, -0.1) is 0 Å². The van der Waals surface area contributed by atoms with E-state index in [0.717, 1.165) is 30.5 Å². The zero-order valence-corrected chi connectivity index (χ0v) is 13.1. The molecule has 0 radical (unpaired) electrons. The minimum atomic E-state index is 0.114. The molecular formula is C15H21BrN2O. The number of nitrogens with one attached hydrogen (secondary N) is 1. The highest BCUT2D eigenvalue weighted by molar-refractivity contribution is 9.10. The summed E-state index contributed by atoms with van der Waals surface area (Å²) in [6.07, 6.45) is 0.987. The van der Waals surface area contributed by atoms with Crippen molar-refractivity contribution in [1.29, 1.82) is 0 Å². The van der Waals surface area contributed by atoms with Crippen LogP contribution in [0.1, 0.15) is 31.9 Å². The number of hydrogen-bond donors (Lipinski definition) is 1. The van der Waals surface area contributed by atoms with E-state index in [0.29, 0.717) is 0 Å². The van der Waals surface area contributed by atoms with E-state index in [9.17, 15) is 4.79 Å². The molecule has 1 aromatic rings. The van der Waals surface area contributed by atoms with Crippen molar-refractivity contribution in [3.8, 4) is 0 Å². The maximum atomic E-state index is 12.5. The van der Waals surface area contributed by atoms with Crippen molar-refractivity contribution >= 4 is 21.8 Å². The second-order valence-electron chi connectivity index (χ2n) is 5.08. The van der Waals surface area contributed by atoms with E-state index in [2.05, 4.69) is 41.2 Å². The molecule has 1 unspecified atom stereocenters. The van der Waals surface area contributed by atoms with Crippen LogP contribution in [0.4, 0.5) is 0 Å². The first-order valence-corrected chi connectivity index (χ1v) is 7.70. The molecule has 0 aliphatic carbocycles. The second kappa shape index (κ2) is 6.53. The van der Waals surface area contributed by atoms with Crippen molar-refractivity contribution in [3.63, 3.8) is 0 Å². The van der Waals surface area contributed by atoms with Gasteiger partial charge in [-0.1, -0.05) is 41.1 Å². The van der Waals surface area contributed by atoms with E-state index in [1.807, 2.05) is 23.1 Å². The van der Waals surface area contributed by atoms with Gasteiger partial charge in [0.05, 0.1) is 12.0 Å². The second-order valence-corrected chi connectivity index (χ2v) is 5.94. The van der Waals surface area contributed by atoms with Crippen LogP contribution in [0.3, 0.4) is 0 Å². The Hall–Kier alpha value is -0.870. The van der Waals surface area contributed by atoms with Crippen molar-refractivity contribution < 1.29 is 4.79 Å². The molecule has 1 atom stereocenters. The van der Waals surface area contributed by atoms with Gasteiger partial charge < -0.3 is 10.2 Å². The van der Waals surface area contributed by atoms with E-state index in [1.165, 1.54) is 5.56 Å². The quantitative estimate of drug-likeness (QED) is 0.903. The van der Waals surface area contributed by atoms with Crippen LogP contribution >= 0.6 is 15.9 Å². The molecule has 1 amide bonds. The summed E-state index contributed by atoms with van der Waals surface area (Å²) >= 11 is 3.58. The van der Waals surface area contributed by atoms with Crippen LogP contribution in [0.2, 0.25) is 0 Å². The number of carbonyl (C=O) groups is 1. The van der Waals surface area contributed by atoms with E-state index >= 15 is 0 Å². The summed E-state index contributed by atoms with van der Waals surface area (Å²) in [5.74, 6) is 0.445. The van der Waals surface area contributed by atoms with E-state index in [-0.39, 0.29) is 17.9 Å². The van der Waals surface area contributed by atoms with Crippen LogP contribution in [0.5, 0.6) is 0 Å². The van der Waals surface area contributed by atoms with Gasteiger partial charge in [0, 0.05) is 24.1 Å². The lowest BCUT2D eigenvalue weighted by Crippen LogP contribution is -2.52. The fourth-order valence-electron chi connectivity index (χ4n) is 2.42. The molecule has 0 spiro atoms. The highest BCUT2D eigenvalue weighted by atomic mass is 79.9. The summed E-state index contributed by atoms with van der Waals surface area (Å²) < 4.78 is 1.07. The van der Waals surface area contributed by atoms with E-state index in [1.54, 1.807) is 0 Å². The minimum absolute atomic E-state index is 0.114. The topological polar surface area (TPSA) is 32.3 Å². The van der Waals surface area contributed by atoms with Gasteiger partial charge in [0.2, 0.25) is 5.91 Å². The minimum Gasteiger partial charge on any atom is -0.336 e. The Morgan fingerprint density at radius 1 is 1.47 bits per heavy atom. The summed E-state index contributed by atoms with van der Waals surface area (Å²) in [6, 6.07) is 8.26. The number of amides is 1. The molecular weight excluding hydrogens is 304 g/mol. The van der Waals surface area contributed by atoms with Crippen LogP contribution < -0.4 is 5.32 Å². The molecule has 1 heterocycles. The van der Waals surface area contributed by atoms with Gasteiger partial charge in [0.1, 0.15) is 0 Å². The molecule has 1 saturated heterocycles. The Morgan fingerprint density at radius 3 is 2.68 bits per heavy atom. The van der Waals surface area contributed by atoms with Gasteiger partial charge in [-0.3, -0.25) is 4.79 Å². The molecule has 1 aliphatic rings. The fraction of sp³-hybridized carbons (Fsp3) is 0.533. The summed E-state index contributed by atoms with van der Waals surface area (Å²) in [5.41, 5.74) is 1.18. The third kappa shape index (κ3) is 3.18. The van der Waals surface area contributed by atoms with Gasteiger partial charge in [-0.25, -0.2) is 0 Å². The maximum absolute atomic E-state index is 12.5. The average Bonchev–Trinajstić information content (AvgIpc) is 2.33. The van der Waals surface area contributed by atoms with Crippen LogP contribution in [0.15, 0.2) is 28.7 Å². The molecule has 4 heteroatoms. The van der Waals surface area contributed by atoms with Crippen molar-refractivity contribution in [3.05, 3.63) is 34.3 Å². The lowest BCUT2D eigenvalue weighted by Gasteiger charge is -2.36. The van der Waals surface area contributed by atoms with Crippen molar-refractivity contribution in [2.45, 2.75) is 26.3 Å². The first kappa shape index (κ1) is 14.5. The Bertz CT molecular complexity index is 446. The molecule has 1 N–H and O–H groups in total. The predicted molar refractivity (Wildman–Crippen MR) is 80.9 cm³/mol. The molecule has 1 aliphatic heterocycles. The molecule has 1 aromatic carbocycles. The summed E-state index contributed by atoms with van der Waals surface area (Å²) in [5, 5.41) is 3.17. The molecule has 104 valence electrons. The smallest absolute Gasteiger partial charge is 0.228 e. The first-order valence-electron chi connectivity index (χ1n) is 6.90. The normalized spacial score (nSPS) is 16.8. The number of hydrogen-bond acceptors (Lipinski definition) is 2. The van der Waals surface area contributed by atoms with Crippen molar-refractivity contribution in [2.24, 2.45) is 5.92 Å². The molecule has 1 fully saturated rings. The Balaban J connectivity index is 2.18. The number of rotatable bonds is 5. The molecule has 0 bridgehead atoms. The summed E-state index contributed by atoms with van der Waals surface area (Å²) in [6.45, 7) is 6.69. The number of benzene rings is 1. The van der Waals surface area contributed by atoms with Gasteiger partial charge in [-0.05, 0) is 25.0 Å². The van der Waals surface area contributed by atoms with Crippen molar-refractivity contribution in [2.75, 3.05) is 19.6 Å². The highest BCUT2D eigenvalue weighted by Crippen LogP contribution is 2.29. The third-order valence-corrected chi connectivity index (χ3v) is 4.42. The van der Waals surface area contributed by atoms with Gasteiger partial charge in [0.25, 0.3) is 0 Å². The largest absolute Gasteiger partial charge is 0.336 e. The van der Waals surface area contributed by atoms with E-state index < -0.39 is 0 Å². The third-order valence-electron chi connectivity index (χ3n) is 3.70. The average molecular weight is 325 g/mol. The highest BCUT2D eigenvalue weighted by Gasteiger charge is 2.31. The zero-order chi connectivity index (χ0) is 13.8. The molecule has 19 heavy (non-hydrogen) atoms. The number of halogens is 1. The lowest BCUT2D eigenvalue weighted by molar-refractivity contribution is -0.139. The molecule has 3 nitrogen and oxygen atoms in total. The lowest BCUT2D eigenvalue weighted by atomic mass is 9.99. The fourth-order valence-corrected chi connectivity index (χ4v) is 3.03. The summed E-state index contributed by atoms with van der Waals surface area (Å²) in [7, 11) is 0. The standard InChI is InChI=1S/C15H21BrN2O/c1-3-8-18(15(19)12-9-17-10-12)11(2)13-6-4-5-7-14(13)16/h4-7,11-12,17H,3,8-10H2,1-2H3. The Labute approximate surface area is 123 Å². The number of nitrogens with zero attached hydrogens (tertiary/aromatic N) is 1. The van der Waals surface area contributed by atoms with Crippen LogP contribution in [-0.2, 0) is 4.79 Å². The van der Waals surface area contributed by atoms with Gasteiger partial charge in [-0.2, -0.15) is 0 Å². The molecule has 0 saturated carbocycles. The van der Waals surface area contributed by atoms with Gasteiger partial charge >= 0.3 is 0 Å². The van der Waals surface area contributed by atoms with Crippen LogP contribution in [0, 0.1) is 5.92 Å². The molecule has 0 aromatic heterocycles. The van der Waals surface area contributed by atoms with E-state index in [4.69, 9.17) is 0 Å². The van der Waals surface area contributed by atoms with Crippen LogP contribution in [-0.4, -0.2) is 30.4 Å². The Kier molecular flexibility index (Phi) is 4.99. The molecule has 2 rings (SSSR count). The van der Waals surface area contributed by atoms with Gasteiger partial charge in [0.15, 0.2) is 0 Å². The Morgan fingerprint density at radius 2 is 2.16 bits per heavy atom. The zero-order valence-electron chi connectivity index (χ0n) is 11.5. The summed E-state index contributed by atoms with van der Waals surface area (Å²) in [4.78, 5) is 14.5. The SMILES string of the molecule is CCCN(C(=O)C1CNC1)C(C)c1ccccc1Br. The first-order chi connectivity index (χ1) is 9.15. The van der Waals surface area contributed by atoms with Crippen molar-refractivity contribution in [1.82, 2.24) is 10.2 Å².